The first-order valence-electron chi connectivity index (χ1n) is 9.47. The molecule has 0 bridgehead atoms. The fourth-order valence-corrected chi connectivity index (χ4v) is 4.44. The fourth-order valence-electron chi connectivity index (χ4n) is 4.44. The van der Waals surface area contributed by atoms with E-state index in [-0.39, 0.29) is 11.7 Å². The van der Waals surface area contributed by atoms with E-state index in [1.54, 1.807) is 14.2 Å². The van der Waals surface area contributed by atoms with Crippen molar-refractivity contribution in [1.82, 2.24) is 5.32 Å². The highest BCUT2D eigenvalue weighted by atomic mass is 16.5. The molecule has 1 fully saturated rings. The molecule has 0 saturated heterocycles. The Labute approximate surface area is 154 Å². The third-order valence-electron chi connectivity index (χ3n) is 5.87. The van der Waals surface area contributed by atoms with Crippen molar-refractivity contribution in [3.8, 4) is 11.5 Å². The van der Waals surface area contributed by atoms with Gasteiger partial charge in [0.15, 0.2) is 5.78 Å². The minimum absolute atomic E-state index is 0.114. The Bertz CT molecular complexity index is 769. The van der Waals surface area contributed by atoms with Crippen molar-refractivity contribution in [1.29, 1.82) is 0 Å². The number of carbonyl (C=O) groups excluding carboxylic acids is 1. The first-order chi connectivity index (χ1) is 12.7. The van der Waals surface area contributed by atoms with Crippen LogP contribution in [0, 0.1) is 0 Å². The van der Waals surface area contributed by atoms with E-state index in [0.29, 0.717) is 18.5 Å². The van der Waals surface area contributed by atoms with Crippen molar-refractivity contribution in [3.05, 3.63) is 35.0 Å². The number of Topliss-reactive ketones (excluding diaryl/α,β-unsaturated/α-hetero) is 1. The van der Waals surface area contributed by atoms with Crippen molar-refractivity contribution < 1.29 is 14.3 Å². The van der Waals surface area contributed by atoms with Crippen LogP contribution in [0.5, 0.6) is 11.5 Å². The molecule has 0 amide bonds. The number of carbonyl (C=O) groups is 1. The van der Waals surface area contributed by atoms with Crippen LogP contribution in [0.1, 0.15) is 50.0 Å². The van der Waals surface area contributed by atoms with Crippen LogP contribution < -0.4 is 14.8 Å². The molecule has 1 N–H and O–H groups in total. The lowest BCUT2D eigenvalue weighted by atomic mass is 9.81. The van der Waals surface area contributed by atoms with Crippen LogP contribution in [-0.4, -0.2) is 38.3 Å². The molecule has 1 saturated carbocycles. The molecular weight excluding hydrogens is 328 g/mol. The fraction of sp³-hybridized carbons (Fsp3) is 0.524. The van der Waals surface area contributed by atoms with Gasteiger partial charge in [-0.05, 0) is 30.9 Å². The van der Waals surface area contributed by atoms with Crippen LogP contribution in [0.3, 0.4) is 0 Å². The van der Waals surface area contributed by atoms with Gasteiger partial charge in [-0.15, -0.1) is 0 Å². The predicted molar refractivity (Wildman–Crippen MR) is 101 cm³/mol. The van der Waals surface area contributed by atoms with Gasteiger partial charge in [0.25, 0.3) is 0 Å². The molecular formula is C21H26N2O3. The number of ether oxygens (including phenoxy) is 2. The smallest absolute Gasteiger partial charge is 0.166 e. The Kier molecular flexibility index (Phi) is 4.70. The Morgan fingerprint density at radius 3 is 2.77 bits per heavy atom. The average Bonchev–Trinajstić information content (AvgIpc) is 2.86. The van der Waals surface area contributed by atoms with Gasteiger partial charge in [-0.3, -0.25) is 9.79 Å². The zero-order valence-electron chi connectivity index (χ0n) is 15.5. The van der Waals surface area contributed by atoms with E-state index in [1.165, 1.54) is 12.8 Å². The van der Waals surface area contributed by atoms with Gasteiger partial charge in [-0.1, -0.05) is 18.9 Å². The number of hydrogen-bond acceptors (Lipinski definition) is 5. The van der Waals surface area contributed by atoms with E-state index in [1.807, 2.05) is 24.4 Å². The van der Waals surface area contributed by atoms with E-state index >= 15 is 0 Å². The number of aliphatic imine (C=N–C) groups is 1. The quantitative estimate of drug-likeness (QED) is 0.904. The molecule has 5 nitrogen and oxygen atoms in total. The Balaban J connectivity index is 1.63. The number of allylic oxidation sites excluding steroid dienone is 2. The summed E-state index contributed by atoms with van der Waals surface area (Å²) in [5.74, 6) is 1.83. The van der Waals surface area contributed by atoms with Crippen molar-refractivity contribution in [2.75, 3.05) is 14.2 Å². The third kappa shape index (κ3) is 3.11. The van der Waals surface area contributed by atoms with Crippen molar-refractivity contribution in [2.45, 2.75) is 56.5 Å². The molecule has 0 aromatic heterocycles. The van der Waals surface area contributed by atoms with Crippen molar-refractivity contribution in [3.63, 3.8) is 0 Å². The molecule has 1 aliphatic heterocycles. The summed E-state index contributed by atoms with van der Waals surface area (Å²) in [6.45, 7) is 0. The van der Waals surface area contributed by atoms with Crippen LogP contribution in [0.25, 0.3) is 0 Å². The summed E-state index contributed by atoms with van der Waals surface area (Å²) in [5.41, 5.74) is 2.90. The number of hydrogen-bond donors (Lipinski definition) is 1. The summed E-state index contributed by atoms with van der Waals surface area (Å²) in [6.07, 6.45) is 7.84. The summed E-state index contributed by atoms with van der Waals surface area (Å²) in [4.78, 5) is 17.6. The second-order valence-corrected chi connectivity index (χ2v) is 7.41. The van der Waals surface area contributed by atoms with Gasteiger partial charge in [0.1, 0.15) is 11.5 Å². The third-order valence-corrected chi connectivity index (χ3v) is 5.87. The highest BCUT2D eigenvalue weighted by Gasteiger charge is 2.34. The molecule has 0 radical (unpaired) electrons. The Morgan fingerprint density at radius 2 is 1.96 bits per heavy atom. The summed E-state index contributed by atoms with van der Waals surface area (Å²) in [5, 5.41) is 3.68. The van der Waals surface area contributed by atoms with Crippen LogP contribution in [0.2, 0.25) is 0 Å². The Morgan fingerprint density at radius 1 is 1.12 bits per heavy atom. The number of nitrogens with zero attached hydrogens (tertiary/aromatic N) is 1. The summed E-state index contributed by atoms with van der Waals surface area (Å²) >= 11 is 0. The number of nitrogens with one attached hydrogen (secondary N) is 1. The molecule has 1 heterocycles. The highest BCUT2D eigenvalue weighted by Crippen LogP contribution is 2.40. The van der Waals surface area contributed by atoms with Gasteiger partial charge in [-0.25, -0.2) is 0 Å². The topological polar surface area (TPSA) is 59.9 Å². The highest BCUT2D eigenvalue weighted by molar-refractivity contribution is 6.15. The summed E-state index contributed by atoms with van der Waals surface area (Å²) < 4.78 is 10.9. The van der Waals surface area contributed by atoms with E-state index in [2.05, 4.69) is 5.32 Å². The first-order valence-corrected chi connectivity index (χ1v) is 9.47. The van der Waals surface area contributed by atoms with Crippen LogP contribution in [0.4, 0.5) is 0 Å². The van der Waals surface area contributed by atoms with E-state index in [0.717, 1.165) is 47.6 Å². The number of fused-ring (bicyclic) bond motifs is 1. The number of rotatable bonds is 3. The zero-order valence-corrected chi connectivity index (χ0v) is 15.5. The SMILES string of the molecule is COc1ccc(C2CC(=O)C3=C(C2)NC2CCCCC2N=C3)c(OC)c1. The van der Waals surface area contributed by atoms with Gasteiger partial charge in [0, 0.05) is 36.4 Å². The second-order valence-electron chi connectivity index (χ2n) is 7.41. The number of methoxy groups -OCH3 is 2. The molecule has 4 rings (SSSR count). The number of ketones is 1. The standard InChI is InChI=1S/C21H26N2O3/c1-25-14-7-8-15(21(11-14)26-2)13-9-19-16(20(24)10-13)12-22-17-5-3-4-6-18(17)23-19/h7-8,11-13,17-18,23H,3-6,9-10H2,1-2H3. The molecule has 1 aromatic rings. The van der Waals surface area contributed by atoms with Gasteiger partial charge < -0.3 is 14.8 Å². The maximum absolute atomic E-state index is 12.8. The zero-order chi connectivity index (χ0) is 18.1. The normalized spacial score (nSPS) is 27.9. The molecule has 1 aromatic carbocycles. The monoisotopic (exact) mass is 354 g/mol. The lowest BCUT2D eigenvalue weighted by molar-refractivity contribution is -0.115. The van der Waals surface area contributed by atoms with Crippen LogP contribution in [0.15, 0.2) is 34.5 Å². The summed E-state index contributed by atoms with van der Waals surface area (Å²) in [6, 6.07) is 6.51. The molecule has 3 aliphatic rings. The molecule has 26 heavy (non-hydrogen) atoms. The first kappa shape index (κ1) is 17.1. The molecule has 3 atom stereocenters. The van der Waals surface area contributed by atoms with Gasteiger partial charge >= 0.3 is 0 Å². The average molecular weight is 354 g/mol. The molecule has 3 unspecified atom stereocenters. The van der Waals surface area contributed by atoms with Crippen molar-refractivity contribution >= 4 is 12.0 Å². The molecule has 0 spiro atoms. The molecule has 2 aliphatic carbocycles. The lowest BCUT2D eigenvalue weighted by Gasteiger charge is -2.32. The molecule has 138 valence electrons. The predicted octanol–water partition coefficient (Wildman–Crippen LogP) is 3.39. The van der Waals surface area contributed by atoms with E-state index in [9.17, 15) is 4.79 Å². The minimum Gasteiger partial charge on any atom is -0.497 e. The molecule has 5 heteroatoms. The van der Waals surface area contributed by atoms with Crippen LogP contribution >= 0.6 is 0 Å². The van der Waals surface area contributed by atoms with Crippen LogP contribution in [-0.2, 0) is 4.79 Å². The van der Waals surface area contributed by atoms with Gasteiger partial charge in [0.2, 0.25) is 0 Å². The largest absolute Gasteiger partial charge is 0.497 e. The maximum Gasteiger partial charge on any atom is 0.166 e. The maximum atomic E-state index is 12.8. The van der Waals surface area contributed by atoms with E-state index < -0.39 is 0 Å². The van der Waals surface area contributed by atoms with Gasteiger partial charge in [0.05, 0.1) is 25.8 Å². The number of benzene rings is 1. The second kappa shape index (κ2) is 7.14. The Hall–Kier alpha value is -2.30. The summed E-state index contributed by atoms with van der Waals surface area (Å²) in [7, 11) is 3.31. The van der Waals surface area contributed by atoms with E-state index in [4.69, 9.17) is 14.5 Å². The lowest BCUT2D eigenvalue weighted by Crippen LogP contribution is -2.41. The van der Waals surface area contributed by atoms with Gasteiger partial charge in [-0.2, -0.15) is 0 Å². The van der Waals surface area contributed by atoms with Crippen molar-refractivity contribution in [2.24, 2.45) is 4.99 Å². The minimum atomic E-state index is 0.114.